The van der Waals surface area contributed by atoms with Crippen molar-refractivity contribution < 1.29 is 19.5 Å². The van der Waals surface area contributed by atoms with Gasteiger partial charge in [0.15, 0.2) is 0 Å². The van der Waals surface area contributed by atoms with Crippen LogP contribution in [0.1, 0.15) is 16.8 Å². The van der Waals surface area contributed by atoms with E-state index in [1.54, 1.807) is 18.2 Å². The van der Waals surface area contributed by atoms with Crippen molar-refractivity contribution >= 4 is 17.7 Å². The van der Waals surface area contributed by atoms with Crippen molar-refractivity contribution in [2.75, 3.05) is 6.54 Å². The molecule has 0 spiro atoms. The highest BCUT2D eigenvalue weighted by atomic mass is 16.4. The summed E-state index contributed by atoms with van der Waals surface area (Å²) in [5, 5.41) is 8.80. The first kappa shape index (κ1) is 11.3. The Balaban J connectivity index is 2.11. The fraction of sp³-hybridized carbons (Fsp3) is 0.250. The summed E-state index contributed by atoms with van der Waals surface area (Å²) in [6.07, 6.45) is 0.406. The van der Waals surface area contributed by atoms with E-state index in [9.17, 15) is 14.4 Å². The molecular formula is C12H11NO4. The highest BCUT2D eigenvalue weighted by Crippen LogP contribution is 2.19. The maximum atomic E-state index is 11.8. The van der Waals surface area contributed by atoms with E-state index in [1.807, 2.05) is 0 Å². The van der Waals surface area contributed by atoms with Crippen LogP contribution in [0.5, 0.6) is 0 Å². The van der Waals surface area contributed by atoms with Crippen LogP contribution in [0.2, 0.25) is 0 Å². The van der Waals surface area contributed by atoms with E-state index in [0.717, 1.165) is 4.90 Å². The first-order valence-electron chi connectivity index (χ1n) is 5.24. The van der Waals surface area contributed by atoms with Gasteiger partial charge >= 0.3 is 5.97 Å². The summed E-state index contributed by atoms with van der Waals surface area (Å²) in [4.78, 5) is 35.4. The summed E-state index contributed by atoms with van der Waals surface area (Å²) in [6.45, 7) is 0.328. The Morgan fingerprint density at radius 3 is 2.29 bits per heavy atom. The number of carbonyl (C=O) groups excluding carboxylic acids is 2. The van der Waals surface area contributed by atoms with Crippen molar-refractivity contribution in [1.82, 2.24) is 4.90 Å². The van der Waals surface area contributed by atoms with Gasteiger partial charge in [0.25, 0.3) is 5.91 Å². The van der Waals surface area contributed by atoms with Crippen LogP contribution in [0.15, 0.2) is 30.3 Å². The van der Waals surface area contributed by atoms with Gasteiger partial charge in [-0.15, -0.1) is 0 Å². The molecule has 17 heavy (non-hydrogen) atoms. The lowest BCUT2D eigenvalue weighted by molar-refractivity contribution is -0.154. The molecule has 1 aromatic rings. The highest BCUT2D eigenvalue weighted by Gasteiger charge is 2.40. The average molecular weight is 233 g/mol. The molecule has 2 rings (SSSR count). The Kier molecular flexibility index (Phi) is 2.91. The predicted molar refractivity (Wildman–Crippen MR) is 58.5 cm³/mol. The molecular weight excluding hydrogens is 222 g/mol. The Bertz CT molecular complexity index is 469. The normalized spacial score (nSPS) is 18.4. The first-order valence-corrected chi connectivity index (χ1v) is 5.24. The number of amides is 1. The van der Waals surface area contributed by atoms with Gasteiger partial charge in [-0.3, -0.25) is 9.59 Å². The van der Waals surface area contributed by atoms with Gasteiger partial charge < -0.3 is 10.0 Å². The van der Waals surface area contributed by atoms with Gasteiger partial charge in [-0.05, 0) is 6.42 Å². The molecule has 1 aromatic carbocycles. The number of aliphatic carboxylic acids is 1. The molecule has 1 aliphatic rings. The highest BCUT2D eigenvalue weighted by molar-refractivity contribution is 6.43. The summed E-state index contributed by atoms with van der Waals surface area (Å²) in [6, 6.07) is 7.28. The third kappa shape index (κ3) is 2.04. The van der Waals surface area contributed by atoms with E-state index in [-0.39, 0.29) is 5.56 Å². The number of rotatable bonds is 3. The van der Waals surface area contributed by atoms with E-state index < -0.39 is 23.7 Å². The molecule has 1 aliphatic heterocycles. The number of carboxylic acid groups (broad SMARTS) is 1. The third-order valence-electron chi connectivity index (χ3n) is 2.80. The van der Waals surface area contributed by atoms with Crippen LogP contribution in [0.4, 0.5) is 0 Å². The average Bonchev–Trinajstić information content (AvgIpc) is 2.27. The molecule has 1 saturated heterocycles. The van der Waals surface area contributed by atoms with Crippen LogP contribution in [0.25, 0.3) is 0 Å². The molecule has 1 N–H and O–H groups in total. The number of likely N-dealkylation sites (tertiary alicyclic amines) is 1. The summed E-state index contributed by atoms with van der Waals surface area (Å²) in [7, 11) is 0. The van der Waals surface area contributed by atoms with Crippen LogP contribution >= 0.6 is 0 Å². The van der Waals surface area contributed by atoms with Crippen molar-refractivity contribution in [2.45, 2.75) is 12.5 Å². The predicted octanol–water partition coefficient (Wildman–Crippen LogP) is 0.555. The van der Waals surface area contributed by atoms with Crippen LogP contribution < -0.4 is 0 Å². The van der Waals surface area contributed by atoms with Gasteiger partial charge in [-0.25, -0.2) is 4.79 Å². The molecule has 0 aromatic heterocycles. The van der Waals surface area contributed by atoms with Gasteiger partial charge in [-0.2, -0.15) is 0 Å². The zero-order chi connectivity index (χ0) is 12.4. The standard InChI is InChI=1S/C12H11NO4/c14-10(8-4-2-1-3-5-8)11(15)13-7-6-9(13)12(16)17/h1-5,9H,6-7H2,(H,16,17)/t9-/m0/s1. The second-order valence-electron chi connectivity index (χ2n) is 3.84. The topological polar surface area (TPSA) is 74.7 Å². The molecule has 5 heteroatoms. The van der Waals surface area contributed by atoms with Crippen molar-refractivity contribution in [2.24, 2.45) is 0 Å². The lowest BCUT2D eigenvalue weighted by atomic mass is 10.0. The maximum absolute atomic E-state index is 11.8. The van der Waals surface area contributed by atoms with Gasteiger partial charge in [0.2, 0.25) is 5.78 Å². The number of ketones is 1. The molecule has 0 aliphatic carbocycles. The monoisotopic (exact) mass is 233 g/mol. The quantitative estimate of drug-likeness (QED) is 0.611. The summed E-state index contributed by atoms with van der Waals surface area (Å²) in [5.74, 6) is -2.46. The minimum atomic E-state index is -1.06. The molecule has 0 unspecified atom stereocenters. The van der Waals surface area contributed by atoms with Crippen LogP contribution in [-0.4, -0.2) is 40.3 Å². The number of hydrogen-bond acceptors (Lipinski definition) is 3. The smallest absolute Gasteiger partial charge is 0.326 e. The van der Waals surface area contributed by atoms with E-state index in [1.165, 1.54) is 12.1 Å². The molecule has 88 valence electrons. The van der Waals surface area contributed by atoms with Crippen molar-refractivity contribution in [3.8, 4) is 0 Å². The zero-order valence-electron chi connectivity index (χ0n) is 9.00. The van der Waals surface area contributed by atoms with Gasteiger partial charge in [-0.1, -0.05) is 30.3 Å². The Hall–Kier alpha value is -2.17. The number of hydrogen-bond donors (Lipinski definition) is 1. The summed E-state index contributed by atoms with van der Waals surface area (Å²) in [5.41, 5.74) is 0.286. The molecule has 0 saturated carbocycles. The second-order valence-corrected chi connectivity index (χ2v) is 3.84. The van der Waals surface area contributed by atoms with Gasteiger partial charge in [0, 0.05) is 12.1 Å². The SMILES string of the molecule is O=C(C(=O)N1CC[C@H]1C(=O)O)c1ccccc1. The van der Waals surface area contributed by atoms with Crippen LogP contribution in [0, 0.1) is 0 Å². The number of carbonyl (C=O) groups is 3. The van der Waals surface area contributed by atoms with Crippen molar-refractivity contribution in [3.63, 3.8) is 0 Å². The van der Waals surface area contributed by atoms with Crippen molar-refractivity contribution in [1.29, 1.82) is 0 Å². The molecule has 1 heterocycles. The largest absolute Gasteiger partial charge is 0.480 e. The Labute approximate surface area is 97.7 Å². The minimum Gasteiger partial charge on any atom is -0.480 e. The number of nitrogens with zero attached hydrogens (tertiary/aromatic N) is 1. The molecule has 5 nitrogen and oxygen atoms in total. The number of Topliss-reactive ketones (excluding diaryl/α,β-unsaturated/α-hetero) is 1. The van der Waals surface area contributed by atoms with Crippen LogP contribution in [0.3, 0.4) is 0 Å². The first-order chi connectivity index (χ1) is 8.11. The van der Waals surface area contributed by atoms with E-state index in [4.69, 9.17) is 5.11 Å². The van der Waals surface area contributed by atoms with E-state index in [0.29, 0.717) is 13.0 Å². The Morgan fingerprint density at radius 1 is 1.18 bits per heavy atom. The fourth-order valence-corrected chi connectivity index (χ4v) is 1.73. The molecule has 1 fully saturated rings. The molecule has 0 radical (unpaired) electrons. The lowest BCUT2D eigenvalue weighted by Crippen LogP contribution is -2.57. The third-order valence-corrected chi connectivity index (χ3v) is 2.80. The lowest BCUT2D eigenvalue weighted by Gasteiger charge is -2.37. The molecule has 1 amide bonds. The second kappa shape index (κ2) is 4.37. The summed E-state index contributed by atoms with van der Waals surface area (Å²) < 4.78 is 0. The fourth-order valence-electron chi connectivity index (χ4n) is 1.73. The number of carboxylic acids is 1. The van der Waals surface area contributed by atoms with Gasteiger partial charge in [0.05, 0.1) is 0 Å². The van der Waals surface area contributed by atoms with Crippen LogP contribution in [-0.2, 0) is 9.59 Å². The molecule has 1 atom stereocenters. The maximum Gasteiger partial charge on any atom is 0.326 e. The summed E-state index contributed by atoms with van der Waals surface area (Å²) >= 11 is 0. The van der Waals surface area contributed by atoms with Crippen molar-refractivity contribution in [3.05, 3.63) is 35.9 Å². The Morgan fingerprint density at radius 2 is 1.82 bits per heavy atom. The number of benzene rings is 1. The van der Waals surface area contributed by atoms with E-state index >= 15 is 0 Å². The zero-order valence-corrected chi connectivity index (χ0v) is 9.00. The molecule has 0 bridgehead atoms. The van der Waals surface area contributed by atoms with Gasteiger partial charge in [0.1, 0.15) is 6.04 Å². The van der Waals surface area contributed by atoms with E-state index in [2.05, 4.69) is 0 Å². The minimum absolute atomic E-state index is 0.286.